The molecule has 0 saturated carbocycles. The van der Waals surface area contributed by atoms with Crippen LogP contribution in [0.2, 0.25) is 0 Å². The zero-order chi connectivity index (χ0) is 16.1. The van der Waals surface area contributed by atoms with E-state index >= 15 is 0 Å². The second-order valence-electron chi connectivity index (χ2n) is 5.60. The van der Waals surface area contributed by atoms with Crippen molar-refractivity contribution < 1.29 is 0 Å². The Bertz CT molecular complexity index is 834. The lowest BCUT2D eigenvalue weighted by Crippen LogP contribution is -2.07. The van der Waals surface area contributed by atoms with Crippen molar-refractivity contribution in [1.29, 1.82) is 0 Å². The zero-order valence-corrected chi connectivity index (χ0v) is 13.5. The summed E-state index contributed by atoms with van der Waals surface area (Å²) in [5.41, 5.74) is 5.62. The quantitative estimate of drug-likeness (QED) is 0.613. The normalized spacial score (nSPS) is 9.83. The lowest BCUT2D eigenvalue weighted by Gasteiger charge is -2.11. The molecule has 112 valence electrons. The van der Waals surface area contributed by atoms with Crippen molar-refractivity contribution >= 4 is 5.69 Å². The highest BCUT2D eigenvalue weighted by molar-refractivity contribution is 5.71. The number of hydrogen-bond donors (Lipinski definition) is 0. The van der Waals surface area contributed by atoms with E-state index < -0.39 is 0 Å². The summed E-state index contributed by atoms with van der Waals surface area (Å²) < 4.78 is 0. The number of anilines is 1. The number of hydrogen-bond acceptors (Lipinski definition) is 1. The van der Waals surface area contributed by atoms with E-state index in [1.807, 2.05) is 26.2 Å². The van der Waals surface area contributed by atoms with Crippen molar-refractivity contribution in [2.75, 3.05) is 19.0 Å². The molecule has 0 bridgehead atoms. The third-order valence-corrected chi connectivity index (χ3v) is 3.74. The lowest BCUT2D eigenvalue weighted by atomic mass is 10.00. The van der Waals surface area contributed by atoms with E-state index in [-0.39, 0.29) is 0 Å². The van der Waals surface area contributed by atoms with Gasteiger partial charge in [-0.3, -0.25) is 0 Å². The molecular weight excluding hydrogens is 278 g/mol. The molecule has 0 unspecified atom stereocenters. The maximum absolute atomic E-state index is 3.31. The molecule has 23 heavy (non-hydrogen) atoms. The van der Waals surface area contributed by atoms with Gasteiger partial charge in [-0.1, -0.05) is 60.4 Å². The maximum Gasteiger partial charge on any atom is 0.0361 e. The standard InChI is InChI=1S/C22H19N/c1-23(2)21-16-13-18(14-17-21)12-15-20-10-6-7-11-22(20)19-8-4-3-5-9-19/h3-11,13-14,16-17H,1-2H3. The van der Waals surface area contributed by atoms with E-state index in [4.69, 9.17) is 0 Å². The monoisotopic (exact) mass is 297 g/mol. The van der Waals surface area contributed by atoms with E-state index in [0.29, 0.717) is 0 Å². The summed E-state index contributed by atoms with van der Waals surface area (Å²) in [4.78, 5) is 2.09. The molecule has 0 aromatic heterocycles. The van der Waals surface area contributed by atoms with E-state index in [2.05, 4.69) is 83.5 Å². The first-order valence-electron chi connectivity index (χ1n) is 7.68. The molecule has 0 heterocycles. The molecule has 0 fully saturated rings. The van der Waals surface area contributed by atoms with Crippen LogP contribution in [0, 0.1) is 11.8 Å². The minimum atomic E-state index is 1.03. The van der Waals surface area contributed by atoms with Gasteiger partial charge in [0.2, 0.25) is 0 Å². The van der Waals surface area contributed by atoms with Gasteiger partial charge >= 0.3 is 0 Å². The Morgan fingerprint density at radius 3 is 2.00 bits per heavy atom. The maximum atomic E-state index is 3.31. The highest BCUT2D eigenvalue weighted by Crippen LogP contribution is 2.22. The van der Waals surface area contributed by atoms with Crippen LogP contribution in [0.4, 0.5) is 5.69 Å². The molecule has 0 aliphatic heterocycles. The molecular formula is C22H19N. The molecule has 0 radical (unpaired) electrons. The van der Waals surface area contributed by atoms with Crippen LogP contribution in [0.5, 0.6) is 0 Å². The average molecular weight is 297 g/mol. The Morgan fingerprint density at radius 1 is 0.652 bits per heavy atom. The Balaban J connectivity index is 1.93. The van der Waals surface area contributed by atoms with Gasteiger partial charge in [0.05, 0.1) is 0 Å². The predicted molar refractivity (Wildman–Crippen MR) is 98.6 cm³/mol. The lowest BCUT2D eigenvalue weighted by molar-refractivity contribution is 1.13. The van der Waals surface area contributed by atoms with E-state index in [9.17, 15) is 0 Å². The molecule has 0 amide bonds. The number of benzene rings is 3. The number of nitrogens with zero attached hydrogens (tertiary/aromatic N) is 1. The van der Waals surface area contributed by atoms with Crippen molar-refractivity contribution in [3.63, 3.8) is 0 Å². The van der Waals surface area contributed by atoms with Crippen LogP contribution in [0.3, 0.4) is 0 Å². The van der Waals surface area contributed by atoms with Gasteiger partial charge in [-0.15, -0.1) is 0 Å². The van der Waals surface area contributed by atoms with E-state index in [1.54, 1.807) is 0 Å². The Morgan fingerprint density at radius 2 is 1.30 bits per heavy atom. The zero-order valence-electron chi connectivity index (χ0n) is 13.5. The van der Waals surface area contributed by atoms with Crippen LogP contribution >= 0.6 is 0 Å². The van der Waals surface area contributed by atoms with Gasteiger partial charge in [-0.05, 0) is 41.5 Å². The van der Waals surface area contributed by atoms with Crippen LogP contribution in [-0.2, 0) is 0 Å². The fourth-order valence-corrected chi connectivity index (χ4v) is 2.44. The summed E-state index contributed by atoms with van der Waals surface area (Å²) in [5, 5.41) is 0. The minimum absolute atomic E-state index is 1.03. The molecule has 3 aromatic rings. The second-order valence-corrected chi connectivity index (χ2v) is 5.60. The molecule has 1 heteroatoms. The molecule has 0 aliphatic rings. The average Bonchev–Trinajstić information content (AvgIpc) is 2.61. The largest absolute Gasteiger partial charge is 0.378 e. The topological polar surface area (TPSA) is 3.24 Å². The first-order chi connectivity index (χ1) is 11.2. The molecule has 0 saturated heterocycles. The molecule has 0 atom stereocenters. The smallest absolute Gasteiger partial charge is 0.0361 e. The van der Waals surface area contributed by atoms with Crippen LogP contribution < -0.4 is 4.90 Å². The van der Waals surface area contributed by atoms with Gasteiger partial charge in [0, 0.05) is 30.9 Å². The summed E-state index contributed by atoms with van der Waals surface area (Å²) in [7, 11) is 4.08. The third kappa shape index (κ3) is 3.62. The van der Waals surface area contributed by atoms with Crippen molar-refractivity contribution in [3.05, 3.63) is 90.0 Å². The molecule has 0 N–H and O–H groups in total. The molecule has 1 nitrogen and oxygen atoms in total. The van der Waals surface area contributed by atoms with E-state index in [0.717, 1.165) is 11.1 Å². The van der Waals surface area contributed by atoms with Gasteiger partial charge < -0.3 is 4.90 Å². The van der Waals surface area contributed by atoms with Crippen LogP contribution in [-0.4, -0.2) is 14.1 Å². The van der Waals surface area contributed by atoms with Crippen LogP contribution in [0.1, 0.15) is 11.1 Å². The van der Waals surface area contributed by atoms with Gasteiger partial charge in [0.15, 0.2) is 0 Å². The number of rotatable bonds is 2. The Hall–Kier alpha value is -2.98. The molecule has 3 aromatic carbocycles. The van der Waals surface area contributed by atoms with E-state index in [1.165, 1.54) is 16.8 Å². The van der Waals surface area contributed by atoms with Crippen molar-refractivity contribution in [1.82, 2.24) is 0 Å². The summed E-state index contributed by atoms with van der Waals surface area (Å²) in [6.45, 7) is 0. The molecule has 0 spiro atoms. The van der Waals surface area contributed by atoms with Crippen molar-refractivity contribution in [2.45, 2.75) is 0 Å². The van der Waals surface area contributed by atoms with Gasteiger partial charge in [-0.25, -0.2) is 0 Å². The first kappa shape index (κ1) is 14.9. The summed E-state index contributed by atoms with van der Waals surface area (Å²) >= 11 is 0. The van der Waals surface area contributed by atoms with Gasteiger partial charge in [-0.2, -0.15) is 0 Å². The highest BCUT2D eigenvalue weighted by atomic mass is 15.1. The third-order valence-electron chi connectivity index (χ3n) is 3.74. The fourth-order valence-electron chi connectivity index (χ4n) is 2.44. The fraction of sp³-hybridized carbons (Fsp3) is 0.0909. The second kappa shape index (κ2) is 6.85. The van der Waals surface area contributed by atoms with Crippen molar-refractivity contribution in [2.24, 2.45) is 0 Å². The Labute approximate surface area is 138 Å². The summed E-state index contributed by atoms with van der Waals surface area (Å²) in [6, 6.07) is 27.0. The van der Waals surface area contributed by atoms with Crippen molar-refractivity contribution in [3.8, 4) is 23.0 Å². The predicted octanol–water partition coefficient (Wildman–Crippen LogP) is 4.82. The van der Waals surface area contributed by atoms with Crippen LogP contribution in [0.25, 0.3) is 11.1 Å². The SMILES string of the molecule is CN(C)c1ccc(C#Cc2ccccc2-c2ccccc2)cc1. The summed E-state index contributed by atoms with van der Waals surface area (Å²) in [5.74, 6) is 6.58. The van der Waals surface area contributed by atoms with Gasteiger partial charge in [0.1, 0.15) is 0 Å². The highest BCUT2D eigenvalue weighted by Gasteiger charge is 2.01. The Kier molecular flexibility index (Phi) is 4.45. The first-order valence-corrected chi connectivity index (χ1v) is 7.68. The van der Waals surface area contributed by atoms with Crippen LogP contribution in [0.15, 0.2) is 78.9 Å². The summed E-state index contributed by atoms with van der Waals surface area (Å²) in [6.07, 6.45) is 0. The van der Waals surface area contributed by atoms with Gasteiger partial charge in [0.25, 0.3) is 0 Å². The molecule has 3 rings (SSSR count). The minimum Gasteiger partial charge on any atom is -0.378 e. The molecule has 0 aliphatic carbocycles.